The number of amides is 2. The number of hydrogen-bond acceptors (Lipinski definition) is 7. The maximum atomic E-state index is 14.4. The molecule has 4 atom stereocenters. The number of nitrogens with one attached hydrogen (secondary N) is 1. The van der Waals surface area contributed by atoms with E-state index in [1.165, 1.54) is 19.1 Å². The fourth-order valence-corrected chi connectivity index (χ4v) is 5.79. The molecule has 0 bridgehead atoms. The summed E-state index contributed by atoms with van der Waals surface area (Å²) in [4.78, 5) is 38.5. The van der Waals surface area contributed by atoms with Crippen LogP contribution < -0.4 is 5.32 Å². The molecule has 2 aromatic rings. The minimum Gasteiger partial charge on any atom is -0.480 e. The molecule has 1 aromatic heterocycles. The summed E-state index contributed by atoms with van der Waals surface area (Å²) < 4.78 is 18.3. The van der Waals surface area contributed by atoms with E-state index in [1.54, 1.807) is 6.92 Å². The zero-order valence-electron chi connectivity index (χ0n) is 16.3. The molecule has 12 heteroatoms. The Morgan fingerprint density at radius 2 is 2.16 bits per heavy atom. The molecule has 3 N–H and O–H groups in total. The van der Waals surface area contributed by atoms with E-state index in [9.17, 15) is 29.0 Å². The molecule has 164 valence electrons. The lowest BCUT2D eigenvalue weighted by Gasteiger charge is -2.43. The van der Waals surface area contributed by atoms with Crippen molar-refractivity contribution in [3.05, 3.63) is 40.4 Å². The molecule has 0 radical (unpaired) electrons. The molecule has 0 saturated carbocycles. The van der Waals surface area contributed by atoms with E-state index in [4.69, 9.17) is 16.1 Å². The molecule has 2 aliphatic rings. The van der Waals surface area contributed by atoms with Gasteiger partial charge in [0, 0.05) is 0 Å². The Labute approximate surface area is 184 Å². The Hall–Kier alpha value is -2.63. The minimum absolute atomic E-state index is 0.0302. The monoisotopic (exact) mass is 469 g/mol. The number of β-lactam (4-membered cyclic amide) rings is 1. The normalized spacial score (nSPS) is 27.1. The van der Waals surface area contributed by atoms with Crippen molar-refractivity contribution in [3.63, 3.8) is 0 Å². The number of halogens is 2. The van der Waals surface area contributed by atoms with E-state index >= 15 is 0 Å². The smallest absolute Gasteiger partial charge is 0.328 e. The Kier molecular flexibility index (Phi) is 5.23. The number of aliphatic hydroxyl groups is 1. The Morgan fingerprint density at radius 1 is 1.45 bits per heavy atom. The number of aliphatic hydroxyl groups excluding tert-OH is 1. The van der Waals surface area contributed by atoms with Gasteiger partial charge in [-0.25, -0.2) is 9.18 Å². The van der Waals surface area contributed by atoms with Crippen molar-refractivity contribution in [2.24, 2.45) is 0 Å². The zero-order valence-corrected chi connectivity index (χ0v) is 17.8. The van der Waals surface area contributed by atoms with Gasteiger partial charge < -0.3 is 25.0 Å². The Bertz CT molecular complexity index is 1090. The number of benzene rings is 1. The van der Waals surface area contributed by atoms with Crippen LogP contribution in [0, 0.1) is 12.7 Å². The third-order valence-electron chi connectivity index (χ3n) is 5.45. The molecule has 2 amide bonds. The highest BCUT2D eigenvalue weighted by Gasteiger charge is 2.65. The molecular weight excluding hydrogens is 453 g/mol. The van der Waals surface area contributed by atoms with Gasteiger partial charge in [0.05, 0.1) is 21.9 Å². The molecule has 1 aromatic carbocycles. The van der Waals surface area contributed by atoms with E-state index in [-0.39, 0.29) is 27.6 Å². The molecule has 0 spiro atoms. The summed E-state index contributed by atoms with van der Waals surface area (Å²) in [5.41, 5.74) is -0.299. The van der Waals surface area contributed by atoms with E-state index in [0.29, 0.717) is 0 Å². The molecule has 2 saturated heterocycles. The van der Waals surface area contributed by atoms with Crippen molar-refractivity contribution < 1.29 is 33.5 Å². The predicted molar refractivity (Wildman–Crippen MR) is 108 cm³/mol. The quantitative estimate of drug-likeness (QED) is 0.563. The Balaban J connectivity index is 1.62. The van der Waals surface area contributed by atoms with Crippen molar-refractivity contribution >= 4 is 41.1 Å². The molecule has 9 nitrogen and oxygen atoms in total. The van der Waals surface area contributed by atoms with Crippen LogP contribution in [0.25, 0.3) is 11.3 Å². The summed E-state index contributed by atoms with van der Waals surface area (Å²) in [6.45, 7) is 2.54. The summed E-state index contributed by atoms with van der Waals surface area (Å²) in [5.74, 6) is -3.17. The number of carbonyl (C=O) groups is 3. The topological polar surface area (TPSA) is 133 Å². The van der Waals surface area contributed by atoms with Crippen LogP contribution in [0.2, 0.25) is 5.02 Å². The number of fused-ring (bicyclic) bond motifs is 1. The van der Waals surface area contributed by atoms with Gasteiger partial charge >= 0.3 is 5.97 Å². The van der Waals surface area contributed by atoms with E-state index in [2.05, 4.69) is 10.5 Å². The highest BCUT2D eigenvalue weighted by atomic mass is 35.5. The predicted octanol–water partition coefficient (Wildman–Crippen LogP) is 1.66. The summed E-state index contributed by atoms with van der Waals surface area (Å²) >= 11 is 7.19. The van der Waals surface area contributed by atoms with Gasteiger partial charge in [-0.1, -0.05) is 22.8 Å². The molecule has 2 fully saturated rings. The molecule has 4 rings (SSSR count). The van der Waals surface area contributed by atoms with Crippen LogP contribution in [0.3, 0.4) is 0 Å². The first-order valence-corrected chi connectivity index (χ1v) is 10.4. The van der Waals surface area contributed by atoms with Gasteiger partial charge in [0.25, 0.3) is 5.91 Å². The van der Waals surface area contributed by atoms with Gasteiger partial charge in [-0.2, -0.15) is 0 Å². The van der Waals surface area contributed by atoms with Crippen LogP contribution in [0.1, 0.15) is 23.0 Å². The first-order chi connectivity index (χ1) is 14.6. The van der Waals surface area contributed by atoms with Gasteiger partial charge in [-0.15, -0.1) is 11.8 Å². The zero-order chi connectivity index (χ0) is 22.7. The average Bonchev–Trinajstić information content (AvgIpc) is 3.22. The van der Waals surface area contributed by atoms with Gasteiger partial charge in [-0.3, -0.25) is 9.59 Å². The lowest BCUT2D eigenvalue weighted by molar-refractivity contribution is -0.160. The lowest BCUT2D eigenvalue weighted by atomic mass is 9.95. The van der Waals surface area contributed by atoms with Gasteiger partial charge in [0.1, 0.15) is 40.3 Å². The second kappa shape index (κ2) is 7.50. The summed E-state index contributed by atoms with van der Waals surface area (Å²) in [6.07, 6.45) is 0. The van der Waals surface area contributed by atoms with Crippen LogP contribution in [-0.4, -0.2) is 66.9 Å². The number of rotatable bonds is 5. The van der Waals surface area contributed by atoms with Crippen LogP contribution in [0.15, 0.2) is 22.7 Å². The lowest BCUT2D eigenvalue weighted by Crippen LogP contribution is -2.70. The average molecular weight is 470 g/mol. The summed E-state index contributed by atoms with van der Waals surface area (Å²) in [7, 11) is 0. The van der Waals surface area contributed by atoms with Crippen molar-refractivity contribution in [2.75, 3.05) is 6.61 Å². The van der Waals surface area contributed by atoms with Crippen molar-refractivity contribution in [1.82, 2.24) is 15.4 Å². The fourth-order valence-electron chi connectivity index (χ4n) is 3.90. The van der Waals surface area contributed by atoms with Crippen LogP contribution >= 0.6 is 23.4 Å². The van der Waals surface area contributed by atoms with Gasteiger partial charge in [0.15, 0.2) is 0 Å². The van der Waals surface area contributed by atoms with Crippen LogP contribution in [0.4, 0.5) is 4.39 Å². The van der Waals surface area contributed by atoms with E-state index in [1.807, 2.05) is 0 Å². The highest BCUT2D eigenvalue weighted by Crippen LogP contribution is 2.51. The number of thioether (sulfide) groups is 1. The molecular formula is C19H17ClFN3O6S. The molecule has 31 heavy (non-hydrogen) atoms. The summed E-state index contributed by atoms with van der Waals surface area (Å²) in [5, 5.41) is 24.9. The number of carbonyl (C=O) groups excluding carboxylic acids is 2. The number of aryl methyl sites for hydroxylation is 1. The van der Waals surface area contributed by atoms with Crippen molar-refractivity contribution in [2.45, 2.75) is 36.1 Å². The fraction of sp³-hybridized carbons (Fsp3) is 0.368. The third kappa shape index (κ3) is 3.19. The Morgan fingerprint density at radius 3 is 2.77 bits per heavy atom. The van der Waals surface area contributed by atoms with Gasteiger partial charge in [0.2, 0.25) is 5.91 Å². The maximum absolute atomic E-state index is 14.4. The molecule has 1 unspecified atom stereocenters. The second-order valence-corrected chi connectivity index (χ2v) is 9.53. The van der Waals surface area contributed by atoms with Crippen LogP contribution in [0.5, 0.6) is 0 Å². The van der Waals surface area contributed by atoms with Crippen LogP contribution in [-0.2, 0) is 9.59 Å². The number of hydrogen-bond donors (Lipinski definition) is 3. The number of carboxylic acids is 1. The number of nitrogens with zero attached hydrogens (tertiary/aromatic N) is 2. The number of carboxylic acid groups (broad SMARTS) is 1. The SMILES string of the molecule is Cc1onc(-c2c(F)cccc2Cl)c1C(=O)N[C@@H]1C(=O)N2[C@@H]1SC(C)(CO)[C@@H]2C(=O)O. The van der Waals surface area contributed by atoms with Crippen molar-refractivity contribution in [3.8, 4) is 11.3 Å². The van der Waals surface area contributed by atoms with Gasteiger partial charge in [-0.05, 0) is 26.0 Å². The first-order valence-electron chi connectivity index (χ1n) is 9.16. The molecule has 0 aliphatic carbocycles. The largest absolute Gasteiger partial charge is 0.480 e. The van der Waals surface area contributed by atoms with Crippen molar-refractivity contribution in [1.29, 1.82) is 0 Å². The number of aliphatic carboxylic acids is 1. The standard InChI is InChI=1S/C19H17ClFN3O6S/c1-7-10(12(23-30-7)11-8(20)4-3-5-9(11)21)15(26)22-13-16(27)24-14(18(28)29)19(2,6-25)31-17(13)24/h3-5,13-14,17,25H,6H2,1-2H3,(H,22,26)(H,28,29)/t13-,14+,17-,19?/m1/s1. The maximum Gasteiger partial charge on any atom is 0.328 e. The summed E-state index contributed by atoms with van der Waals surface area (Å²) in [6, 6.07) is 1.76. The van der Waals surface area contributed by atoms with E-state index in [0.717, 1.165) is 22.7 Å². The highest BCUT2D eigenvalue weighted by molar-refractivity contribution is 8.01. The first kappa shape index (κ1) is 21.6. The minimum atomic E-state index is -1.24. The number of aromatic nitrogens is 1. The second-order valence-electron chi connectivity index (χ2n) is 7.48. The third-order valence-corrected chi connectivity index (χ3v) is 7.40. The molecule has 2 aliphatic heterocycles. The molecule has 3 heterocycles. The van der Waals surface area contributed by atoms with E-state index < -0.39 is 52.4 Å².